The van der Waals surface area contributed by atoms with Gasteiger partial charge in [-0.2, -0.15) is 0 Å². The lowest BCUT2D eigenvalue weighted by molar-refractivity contribution is 0.0758. The number of rotatable bonds is 2. The smallest absolute Gasteiger partial charge is 0.253 e. The summed E-state index contributed by atoms with van der Waals surface area (Å²) in [5.74, 6) is 0.913. The van der Waals surface area contributed by atoms with Crippen molar-refractivity contribution < 1.29 is 9.18 Å². The molecule has 1 aromatic rings. The number of amides is 1. The van der Waals surface area contributed by atoms with Crippen LogP contribution in [0, 0.1) is 17.7 Å². The minimum atomic E-state index is -0.384. The first-order chi connectivity index (χ1) is 9.49. The number of carbonyl (C=O) groups is 1. The molecule has 0 radical (unpaired) electrons. The van der Waals surface area contributed by atoms with Gasteiger partial charge in [0, 0.05) is 18.7 Å². The first kappa shape index (κ1) is 15.5. The Bertz CT molecular complexity index is 489. The molecule has 110 valence electrons. The highest BCUT2D eigenvalue weighted by molar-refractivity contribution is 9.10. The summed E-state index contributed by atoms with van der Waals surface area (Å²) in [6, 6.07) is 4.59. The Morgan fingerprint density at radius 3 is 2.75 bits per heavy atom. The number of carbonyl (C=O) groups excluding carboxylic acids is 1. The molecule has 4 heteroatoms. The normalized spacial score (nSPS) is 20.1. The van der Waals surface area contributed by atoms with E-state index in [1.807, 2.05) is 4.90 Å². The van der Waals surface area contributed by atoms with Gasteiger partial charge in [0.2, 0.25) is 0 Å². The van der Waals surface area contributed by atoms with E-state index >= 15 is 0 Å². The van der Waals surface area contributed by atoms with Gasteiger partial charge in [0.15, 0.2) is 0 Å². The third-order valence-corrected chi connectivity index (χ3v) is 4.81. The molecule has 0 aromatic heterocycles. The molecule has 2 rings (SSSR count). The third kappa shape index (κ3) is 3.60. The number of hydrogen-bond acceptors (Lipinski definition) is 1. The van der Waals surface area contributed by atoms with Gasteiger partial charge in [0.25, 0.3) is 5.91 Å². The molecule has 1 aliphatic rings. The molecule has 1 fully saturated rings. The minimum absolute atomic E-state index is 0.0548. The van der Waals surface area contributed by atoms with Crippen LogP contribution in [-0.4, -0.2) is 23.9 Å². The molecule has 1 heterocycles. The summed E-state index contributed by atoms with van der Waals surface area (Å²) in [5, 5.41) is 0. The molecule has 1 aliphatic heterocycles. The van der Waals surface area contributed by atoms with Crippen molar-refractivity contribution in [3.63, 3.8) is 0 Å². The molecule has 1 atom stereocenters. The Labute approximate surface area is 128 Å². The number of likely N-dealkylation sites (tertiary alicyclic amines) is 1. The average Bonchev–Trinajstić information content (AvgIpc) is 2.67. The van der Waals surface area contributed by atoms with Crippen LogP contribution in [0.15, 0.2) is 22.7 Å². The molecule has 1 amide bonds. The lowest BCUT2D eigenvalue weighted by Crippen LogP contribution is -2.32. The minimum Gasteiger partial charge on any atom is -0.339 e. The van der Waals surface area contributed by atoms with Crippen molar-refractivity contribution in [3.8, 4) is 0 Å². The van der Waals surface area contributed by atoms with E-state index in [4.69, 9.17) is 0 Å². The quantitative estimate of drug-likeness (QED) is 0.776. The predicted molar refractivity (Wildman–Crippen MR) is 82.2 cm³/mol. The van der Waals surface area contributed by atoms with E-state index in [1.165, 1.54) is 12.5 Å². The van der Waals surface area contributed by atoms with Gasteiger partial charge in [-0.1, -0.05) is 13.8 Å². The summed E-state index contributed by atoms with van der Waals surface area (Å²) < 4.78 is 13.9. The van der Waals surface area contributed by atoms with E-state index in [1.54, 1.807) is 12.1 Å². The Morgan fingerprint density at radius 1 is 1.35 bits per heavy atom. The maximum Gasteiger partial charge on any atom is 0.253 e. The van der Waals surface area contributed by atoms with E-state index < -0.39 is 0 Å². The van der Waals surface area contributed by atoms with E-state index in [9.17, 15) is 9.18 Å². The Balaban J connectivity index is 2.07. The van der Waals surface area contributed by atoms with E-state index in [0.29, 0.717) is 21.9 Å². The second-order valence-electron chi connectivity index (χ2n) is 5.86. The van der Waals surface area contributed by atoms with Crippen molar-refractivity contribution in [2.75, 3.05) is 13.1 Å². The number of halogens is 2. The summed E-state index contributed by atoms with van der Waals surface area (Å²) in [4.78, 5) is 14.3. The lowest BCUT2D eigenvalue weighted by Gasteiger charge is -2.21. The zero-order valence-electron chi connectivity index (χ0n) is 12.0. The summed E-state index contributed by atoms with van der Waals surface area (Å²) in [6.07, 6.45) is 3.26. The van der Waals surface area contributed by atoms with Crippen LogP contribution >= 0.6 is 15.9 Å². The topological polar surface area (TPSA) is 20.3 Å². The van der Waals surface area contributed by atoms with Crippen LogP contribution in [0.5, 0.6) is 0 Å². The summed E-state index contributed by atoms with van der Waals surface area (Å²) in [6.45, 7) is 6.04. The number of hydrogen-bond donors (Lipinski definition) is 0. The number of nitrogens with zero attached hydrogens (tertiary/aromatic N) is 1. The van der Waals surface area contributed by atoms with Crippen LogP contribution in [0.25, 0.3) is 0 Å². The second kappa shape index (κ2) is 6.70. The fourth-order valence-electron chi connectivity index (χ4n) is 2.80. The van der Waals surface area contributed by atoms with Gasteiger partial charge >= 0.3 is 0 Å². The molecular formula is C16H21BrFNO. The van der Waals surface area contributed by atoms with Gasteiger partial charge in [0.05, 0.1) is 4.47 Å². The van der Waals surface area contributed by atoms with Gasteiger partial charge in [-0.05, 0) is 65.2 Å². The molecule has 2 nitrogen and oxygen atoms in total. The first-order valence-electron chi connectivity index (χ1n) is 7.23. The van der Waals surface area contributed by atoms with Crippen LogP contribution in [0.4, 0.5) is 4.39 Å². The standard InChI is InChI=1S/C16H21BrFNO/c1-11(2)12-4-3-8-19(9-7-12)16(20)13-5-6-14(17)15(18)10-13/h5-6,10-12H,3-4,7-9H2,1-2H3. The third-order valence-electron chi connectivity index (χ3n) is 4.17. The molecule has 0 spiro atoms. The molecule has 1 unspecified atom stereocenters. The van der Waals surface area contributed by atoms with Crippen LogP contribution < -0.4 is 0 Å². The zero-order chi connectivity index (χ0) is 14.7. The van der Waals surface area contributed by atoms with Gasteiger partial charge < -0.3 is 4.90 Å². The zero-order valence-corrected chi connectivity index (χ0v) is 13.6. The fraction of sp³-hybridized carbons (Fsp3) is 0.562. The maximum atomic E-state index is 13.5. The van der Waals surface area contributed by atoms with Crippen molar-refractivity contribution in [3.05, 3.63) is 34.1 Å². The molecule has 0 N–H and O–H groups in total. The van der Waals surface area contributed by atoms with Crippen molar-refractivity contribution in [2.24, 2.45) is 11.8 Å². The van der Waals surface area contributed by atoms with Gasteiger partial charge in [-0.25, -0.2) is 4.39 Å². The van der Waals surface area contributed by atoms with E-state index in [-0.39, 0.29) is 11.7 Å². The molecule has 0 saturated carbocycles. The number of benzene rings is 1. The van der Waals surface area contributed by atoms with Crippen molar-refractivity contribution in [1.82, 2.24) is 4.90 Å². The second-order valence-corrected chi connectivity index (χ2v) is 6.71. The SMILES string of the molecule is CC(C)C1CCCN(C(=O)c2ccc(Br)c(F)c2)CC1. The average molecular weight is 342 g/mol. The monoisotopic (exact) mass is 341 g/mol. The highest BCUT2D eigenvalue weighted by Gasteiger charge is 2.23. The molecule has 1 saturated heterocycles. The Morgan fingerprint density at radius 2 is 2.10 bits per heavy atom. The van der Waals surface area contributed by atoms with Gasteiger partial charge in [0.1, 0.15) is 5.82 Å². The van der Waals surface area contributed by atoms with Crippen molar-refractivity contribution in [1.29, 1.82) is 0 Å². The summed E-state index contributed by atoms with van der Waals surface area (Å²) >= 11 is 3.11. The van der Waals surface area contributed by atoms with Gasteiger partial charge in [-0.3, -0.25) is 4.79 Å². The lowest BCUT2D eigenvalue weighted by atomic mass is 9.89. The van der Waals surface area contributed by atoms with Crippen LogP contribution in [0.3, 0.4) is 0 Å². The Hall–Kier alpha value is -0.900. The predicted octanol–water partition coefficient (Wildman–Crippen LogP) is 4.49. The van der Waals surface area contributed by atoms with Crippen LogP contribution in [0.2, 0.25) is 0 Å². The highest BCUT2D eigenvalue weighted by Crippen LogP contribution is 2.25. The first-order valence-corrected chi connectivity index (χ1v) is 8.02. The van der Waals surface area contributed by atoms with E-state index in [0.717, 1.165) is 25.9 Å². The summed E-state index contributed by atoms with van der Waals surface area (Å²) in [5.41, 5.74) is 0.439. The van der Waals surface area contributed by atoms with Crippen molar-refractivity contribution in [2.45, 2.75) is 33.1 Å². The fourth-order valence-corrected chi connectivity index (χ4v) is 3.05. The molecule has 0 aliphatic carbocycles. The van der Waals surface area contributed by atoms with Crippen molar-refractivity contribution >= 4 is 21.8 Å². The maximum absolute atomic E-state index is 13.5. The molecule has 0 bridgehead atoms. The van der Waals surface area contributed by atoms with E-state index in [2.05, 4.69) is 29.8 Å². The highest BCUT2D eigenvalue weighted by atomic mass is 79.9. The largest absolute Gasteiger partial charge is 0.339 e. The summed E-state index contributed by atoms with van der Waals surface area (Å²) in [7, 11) is 0. The molecule has 1 aromatic carbocycles. The van der Waals surface area contributed by atoms with Gasteiger partial charge in [-0.15, -0.1) is 0 Å². The molecule has 20 heavy (non-hydrogen) atoms. The van der Waals surface area contributed by atoms with Crippen LogP contribution in [-0.2, 0) is 0 Å². The molecular weight excluding hydrogens is 321 g/mol. The Kier molecular flexibility index (Phi) is 5.19. The van der Waals surface area contributed by atoms with Crippen LogP contribution in [0.1, 0.15) is 43.5 Å².